The minimum Gasteiger partial charge on any atom is -0.334 e. The number of nitrogens with zero attached hydrogens (tertiary/aromatic N) is 2. The number of pyridine rings is 1. The van der Waals surface area contributed by atoms with Gasteiger partial charge in [0.05, 0.1) is 0 Å². The van der Waals surface area contributed by atoms with Gasteiger partial charge in [-0.3, -0.25) is 4.98 Å². The molecule has 0 radical (unpaired) electrons. The van der Waals surface area contributed by atoms with Gasteiger partial charge in [-0.2, -0.15) is 0 Å². The summed E-state index contributed by atoms with van der Waals surface area (Å²) in [6.07, 6.45) is 3.54. The fourth-order valence-corrected chi connectivity index (χ4v) is 3.10. The van der Waals surface area contributed by atoms with Gasteiger partial charge in [0, 0.05) is 31.5 Å². The third-order valence-electron chi connectivity index (χ3n) is 4.71. The third kappa shape index (κ3) is 5.19. The Balaban J connectivity index is 1.61. The Bertz CT molecular complexity index is 905. The van der Waals surface area contributed by atoms with Gasteiger partial charge in [0.1, 0.15) is 0 Å². The highest BCUT2D eigenvalue weighted by Crippen LogP contribution is 2.20. The number of nitrogens with one attached hydrogen (secondary N) is 1. The zero-order valence-corrected chi connectivity index (χ0v) is 16.7. The molecule has 0 saturated carbocycles. The maximum absolute atomic E-state index is 12.7. The quantitative estimate of drug-likeness (QED) is 0.647. The molecule has 4 nitrogen and oxygen atoms in total. The number of hydrogen-bond donors (Lipinski definition) is 1. The van der Waals surface area contributed by atoms with Crippen molar-refractivity contribution in [3.05, 3.63) is 89.7 Å². The van der Waals surface area contributed by atoms with Crippen LogP contribution in [0.15, 0.2) is 73.1 Å². The Hall–Kier alpha value is -3.14. The zero-order chi connectivity index (χ0) is 19.9. The standard InChI is InChI=1S/C24H27N3O/c1-18(2)27(17-21-7-5-13-25-15-21)24(28)26-16-20-9-11-22(12-10-20)23-8-4-6-19(3)14-23/h4-15,18H,16-17H2,1-3H3,(H,26,28). The highest BCUT2D eigenvalue weighted by molar-refractivity contribution is 5.74. The van der Waals surface area contributed by atoms with Crippen LogP contribution in [-0.4, -0.2) is 22.0 Å². The van der Waals surface area contributed by atoms with Gasteiger partial charge < -0.3 is 10.2 Å². The first kappa shape index (κ1) is 19.6. The first-order valence-electron chi connectivity index (χ1n) is 9.62. The summed E-state index contributed by atoms with van der Waals surface area (Å²) in [6.45, 7) is 7.19. The van der Waals surface area contributed by atoms with Crippen LogP contribution in [0.2, 0.25) is 0 Å². The minimum atomic E-state index is -0.0680. The summed E-state index contributed by atoms with van der Waals surface area (Å²) >= 11 is 0. The van der Waals surface area contributed by atoms with E-state index in [0.29, 0.717) is 13.1 Å². The van der Waals surface area contributed by atoms with Gasteiger partial charge in [-0.1, -0.05) is 60.2 Å². The first-order chi connectivity index (χ1) is 13.5. The molecule has 0 unspecified atom stereocenters. The van der Waals surface area contributed by atoms with Crippen molar-refractivity contribution in [2.24, 2.45) is 0 Å². The third-order valence-corrected chi connectivity index (χ3v) is 4.71. The number of benzene rings is 2. The lowest BCUT2D eigenvalue weighted by Crippen LogP contribution is -2.43. The van der Waals surface area contributed by atoms with Crippen LogP contribution in [0.5, 0.6) is 0 Å². The normalized spacial score (nSPS) is 10.7. The second-order valence-corrected chi connectivity index (χ2v) is 7.31. The van der Waals surface area contributed by atoms with E-state index in [9.17, 15) is 4.79 Å². The number of aromatic nitrogens is 1. The van der Waals surface area contributed by atoms with Gasteiger partial charge in [0.25, 0.3) is 0 Å². The van der Waals surface area contributed by atoms with E-state index in [-0.39, 0.29) is 12.1 Å². The Morgan fingerprint density at radius 3 is 2.43 bits per heavy atom. The molecule has 144 valence electrons. The van der Waals surface area contributed by atoms with E-state index in [1.54, 1.807) is 12.4 Å². The van der Waals surface area contributed by atoms with E-state index >= 15 is 0 Å². The van der Waals surface area contributed by atoms with E-state index in [4.69, 9.17) is 0 Å². The number of carbonyl (C=O) groups is 1. The number of urea groups is 1. The molecule has 4 heteroatoms. The molecule has 0 fully saturated rings. The summed E-state index contributed by atoms with van der Waals surface area (Å²) in [4.78, 5) is 18.6. The maximum Gasteiger partial charge on any atom is 0.318 e. The number of carbonyl (C=O) groups excluding carboxylic acids is 1. The van der Waals surface area contributed by atoms with Crippen molar-refractivity contribution in [3.8, 4) is 11.1 Å². The average molecular weight is 374 g/mol. The number of amides is 2. The zero-order valence-electron chi connectivity index (χ0n) is 16.7. The lowest BCUT2D eigenvalue weighted by atomic mass is 10.0. The molecule has 1 heterocycles. The molecule has 0 saturated heterocycles. The van der Waals surface area contributed by atoms with E-state index in [1.165, 1.54) is 16.7 Å². The molecule has 3 rings (SSSR count). The van der Waals surface area contributed by atoms with Gasteiger partial charge in [-0.15, -0.1) is 0 Å². The first-order valence-corrected chi connectivity index (χ1v) is 9.62. The van der Waals surface area contributed by atoms with E-state index in [0.717, 1.165) is 11.1 Å². The fourth-order valence-electron chi connectivity index (χ4n) is 3.10. The van der Waals surface area contributed by atoms with Crippen molar-refractivity contribution >= 4 is 6.03 Å². The van der Waals surface area contributed by atoms with Crippen molar-refractivity contribution in [1.29, 1.82) is 0 Å². The maximum atomic E-state index is 12.7. The van der Waals surface area contributed by atoms with Gasteiger partial charge in [-0.25, -0.2) is 4.79 Å². The van der Waals surface area contributed by atoms with Crippen LogP contribution in [0.3, 0.4) is 0 Å². The molecule has 0 aliphatic rings. The monoisotopic (exact) mass is 373 g/mol. The summed E-state index contributed by atoms with van der Waals surface area (Å²) in [6, 6.07) is 20.7. The predicted octanol–water partition coefficient (Wildman–Crippen LogP) is 5.18. The summed E-state index contributed by atoms with van der Waals surface area (Å²) in [5.74, 6) is 0. The van der Waals surface area contributed by atoms with Crippen LogP contribution in [0.1, 0.15) is 30.5 Å². The lowest BCUT2D eigenvalue weighted by Gasteiger charge is -2.27. The summed E-state index contributed by atoms with van der Waals surface area (Å²) in [5.41, 5.74) is 5.73. The average Bonchev–Trinajstić information content (AvgIpc) is 2.71. The highest BCUT2D eigenvalue weighted by atomic mass is 16.2. The van der Waals surface area contributed by atoms with Crippen molar-refractivity contribution in [2.75, 3.05) is 0 Å². The molecule has 1 aromatic heterocycles. The Morgan fingerprint density at radius 1 is 1.00 bits per heavy atom. The van der Waals surface area contributed by atoms with Crippen molar-refractivity contribution in [3.63, 3.8) is 0 Å². The molecule has 0 spiro atoms. The summed E-state index contributed by atoms with van der Waals surface area (Å²) in [5, 5.41) is 3.04. The predicted molar refractivity (Wildman–Crippen MR) is 114 cm³/mol. The van der Waals surface area contributed by atoms with Gasteiger partial charge in [0.2, 0.25) is 0 Å². The second-order valence-electron chi connectivity index (χ2n) is 7.31. The second kappa shape index (κ2) is 9.18. The van der Waals surface area contributed by atoms with Crippen LogP contribution in [0.25, 0.3) is 11.1 Å². The fraction of sp³-hybridized carbons (Fsp3) is 0.250. The number of aryl methyl sites for hydroxylation is 1. The van der Waals surface area contributed by atoms with Crippen LogP contribution < -0.4 is 5.32 Å². The largest absolute Gasteiger partial charge is 0.334 e. The molecule has 0 atom stereocenters. The molecular weight excluding hydrogens is 346 g/mol. The van der Waals surface area contributed by atoms with Crippen LogP contribution in [0.4, 0.5) is 4.79 Å². The molecule has 0 aliphatic heterocycles. The van der Waals surface area contributed by atoms with Crippen LogP contribution in [0, 0.1) is 6.92 Å². The number of rotatable bonds is 6. The Kier molecular flexibility index (Phi) is 6.43. The molecule has 0 aliphatic carbocycles. The van der Waals surface area contributed by atoms with Gasteiger partial charge in [-0.05, 0) is 49.1 Å². The van der Waals surface area contributed by atoms with Crippen molar-refractivity contribution < 1.29 is 4.79 Å². The summed E-state index contributed by atoms with van der Waals surface area (Å²) < 4.78 is 0. The molecular formula is C24H27N3O. The van der Waals surface area contributed by atoms with Gasteiger partial charge in [0.15, 0.2) is 0 Å². The lowest BCUT2D eigenvalue weighted by molar-refractivity contribution is 0.179. The van der Waals surface area contributed by atoms with Gasteiger partial charge >= 0.3 is 6.03 Å². The van der Waals surface area contributed by atoms with Crippen LogP contribution >= 0.6 is 0 Å². The topological polar surface area (TPSA) is 45.2 Å². The molecule has 1 N–H and O–H groups in total. The highest BCUT2D eigenvalue weighted by Gasteiger charge is 2.17. The van der Waals surface area contributed by atoms with E-state index in [1.807, 2.05) is 30.9 Å². The smallest absolute Gasteiger partial charge is 0.318 e. The molecule has 2 aromatic carbocycles. The van der Waals surface area contributed by atoms with E-state index in [2.05, 4.69) is 65.8 Å². The summed E-state index contributed by atoms with van der Waals surface area (Å²) in [7, 11) is 0. The molecule has 3 aromatic rings. The van der Waals surface area contributed by atoms with Crippen LogP contribution in [-0.2, 0) is 13.1 Å². The SMILES string of the molecule is Cc1cccc(-c2ccc(CNC(=O)N(Cc3cccnc3)C(C)C)cc2)c1. The number of hydrogen-bond acceptors (Lipinski definition) is 2. The van der Waals surface area contributed by atoms with Crippen molar-refractivity contribution in [2.45, 2.75) is 39.9 Å². The molecule has 2 amide bonds. The molecule has 28 heavy (non-hydrogen) atoms. The minimum absolute atomic E-state index is 0.0680. The van der Waals surface area contributed by atoms with Crippen molar-refractivity contribution in [1.82, 2.24) is 15.2 Å². The van der Waals surface area contributed by atoms with E-state index < -0.39 is 0 Å². The Morgan fingerprint density at radius 2 is 1.79 bits per heavy atom. The Labute approximate surface area is 167 Å². The molecule has 0 bridgehead atoms.